The van der Waals surface area contributed by atoms with Crippen molar-refractivity contribution in [3.63, 3.8) is 0 Å². The minimum atomic E-state index is 0.161. The van der Waals surface area contributed by atoms with E-state index < -0.39 is 0 Å². The van der Waals surface area contributed by atoms with Gasteiger partial charge in [-0.2, -0.15) is 0 Å². The first kappa shape index (κ1) is 14.3. The summed E-state index contributed by atoms with van der Waals surface area (Å²) in [6, 6.07) is 4.65. The van der Waals surface area contributed by atoms with Crippen LogP contribution in [0.4, 0.5) is 0 Å². The lowest BCUT2D eigenvalue weighted by Gasteiger charge is -2.23. The minimum absolute atomic E-state index is 0.161. The Morgan fingerprint density at radius 3 is 3.11 bits per heavy atom. The van der Waals surface area contributed by atoms with E-state index in [0.29, 0.717) is 6.04 Å². The number of rotatable bonds is 6. The van der Waals surface area contributed by atoms with Gasteiger partial charge in [0.1, 0.15) is 0 Å². The largest absolute Gasteiger partial charge is 0.475 e. The van der Waals surface area contributed by atoms with Crippen molar-refractivity contribution in [2.75, 3.05) is 13.1 Å². The monoisotopic (exact) mass is 263 g/mol. The van der Waals surface area contributed by atoms with E-state index in [9.17, 15) is 0 Å². The van der Waals surface area contributed by atoms with Crippen LogP contribution in [0.1, 0.15) is 38.7 Å². The van der Waals surface area contributed by atoms with Gasteiger partial charge in [0.25, 0.3) is 0 Å². The third-order valence-corrected chi connectivity index (χ3v) is 3.32. The van der Waals surface area contributed by atoms with Gasteiger partial charge in [0.15, 0.2) is 0 Å². The van der Waals surface area contributed by atoms with E-state index in [1.54, 1.807) is 6.20 Å². The fraction of sp³-hybridized carbons (Fsp3) is 0.667. The van der Waals surface area contributed by atoms with E-state index in [1.165, 1.54) is 19.3 Å². The Hall–Kier alpha value is -1.13. The summed E-state index contributed by atoms with van der Waals surface area (Å²) in [5, 5.41) is 7.05. The van der Waals surface area contributed by atoms with Crippen molar-refractivity contribution < 1.29 is 4.74 Å². The van der Waals surface area contributed by atoms with Gasteiger partial charge in [-0.3, -0.25) is 0 Å². The normalized spacial score (nSPS) is 19.6. The van der Waals surface area contributed by atoms with Gasteiger partial charge in [-0.25, -0.2) is 4.98 Å². The lowest BCUT2D eigenvalue weighted by molar-refractivity contribution is 0.229. The van der Waals surface area contributed by atoms with Crippen LogP contribution in [-0.4, -0.2) is 30.2 Å². The highest BCUT2D eigenvalue weighted by molar-refractivity contribution is 5.25. The lowest BCUT2D eigenvalue weighted by Crippen LogP contribution is -2.41. The molecule has 19 heavy (non-hydrogen) atoms. The molecular weight excluding hydrogens is 238 g/mol. The van der Waals surface area contributed by atoms with Crippen LogP contribution in [0.3, 0.4) is 0 Å². The number of hydrogen-bond acceptors (Lipinski definition) is 4. The van der Waals surface area contributed by atoms with Crippen LogP contribution >= 0.6 is 0 Å². The maximum Gasteiger partial charge on any atom is 0.218 e. The average Bonchev–Trinajstić information content (AvgIpc) is 2.41. The van der Waals surface area contributed by atoms with Crippen molar-refractivity contribution in [3.8, 4) is 5.88 Å². The first-order valence-corrected chi connectivity index (χ1v) is 7.30. The molecule has 1 atom stereocenters. The molecule has 1 unspecified atom stereocenters. The molecule has 1 aliphatic heterocycles. The van der Waals surface area contributed by atoms with Gasteiger partial charge in [0.05, 0.1) is 6.10 Å². The number of piperidine rings is 1. The summed E-state index contributed by atoms with van der Waals surface area (Å²) in [5.41, 5.74) is 1.13. The van der Waals surface area contributed by atoms with E-state index in [4.69, 9.17) is 4.74 Å². The summed E-state index contributed by atoms with van der Waals surface area (Å²) in [4.78, 5) is 4.31. The van der Waals surface area contributed by atoms with Gasteiger partial charge in [-0.1, -0.05) is 12.5 Å². The molecule has 0 aliphatic carbocycles. The lowest BCUT2D eigenvalue weighted by atomic mass is 10.1. The molecule has 4 nitrogen and oxygen atoms in total. The Labute approximate surface area is 116 Å². The first-order valence-electron chi connectivity index (χ1n) is 7.30. The maximum absolute atomic E-state index is 5.72. The van der Waals surface area contributed by atoms with Crippen molar-refractivity contribution in [3.05, 3.63) is 23.9 Å². The van der Waals surface area contributed by atoms with Gasteiger partial charge in [-0.15, -0.1) is 0 Å². The standard InChI is InChI=1S/C15H25N3O/c1-12(2)19-15-13(6-5-9-18-15)10-16-11-14-7-3-4-8-17-14/h5-6,9,12,14,16-17H,3-4,7-8,10-11H2,1-2H3. The van der Waals surface area contributed by atoms with Crippen LogP contribution in [0.15, 0.2) is 18.3 Å². The van der Waals surface area contributed by atoms with Gasteiger partial charge < -0.3 is 15.4 Å². The highest BCUT2D eigenvalue weighted by atomic mass is 16.5. The number of pyridine rings is 1. The van der Waals surface area contributed by atoms with E-state index in [1.807, 2.05) is 19.9 Å². The Bertz CT molecular complexity index is 375. The molecule has 1 fully saturated rings. The molecule has 4 heteroatoms. The third kappa shape index (κ3) is 4.80. The van der Waals surface area contributed by atoms with E-state index in [0.717, 1.165) is 31.1 Å². The SMILES string of the molecule is CC(C)Oc1ncccc1CNCC1CCCCN1. The summed E-state index contributed by atoms with van der Waals surface area (Å²) in [5.74, 6) is 0.751. The molecule has 106 valence electrons. The zero-order valence-electron chi connectivity index (χ0n) is 12.0. The zero-order chi connectivity index (χ0) is 13.5. The molecule has 1 aromatic rings. The highest BCUT2D eigenvalue weighted by Crippen LogP contribution is 2.15. The summed E-state index contributed by atoms with van der Waals surface area (Å²) >= 11 is 0. The zero-order valence-corrected chi connectivity index (χ0v) is 12.0. The van der Waals surface area contributed by atoms with Gasteiger partial charge in [-0.05, 0) is 39.3 Å². The van der Waals surface area contributed by atoms with Crippen molar-refractivity contribution in [1.29, 1.82) is 0 Å². The van der Waals surface area contributed by atoms with E-state index in [2.05, 4.69) is 21.7 Å². The molecule has 0 aromatic carbocycles. The second kappa shape index (κ2) is 7.46. The summed E-state index contributed by atoms with van der Waals surface area (Å²) < 4.78 is 5.72. The molecule has 0 radical (unpaired) electrons. The smallest absolute Gasteiger partial charge is 0.218 e. The molecule has 2 N–H and O–H groups in total. The minimum Gasteiger partial charge on any atom is -0.475 e. The van der Waals surface area contributed by atoms with Crippen molar-refractivity contribution in [2.45, 2.75) is 51.8 Å². The molecule has 0 amide bonds. The van der Waals surface area contributed by atoms with Crippen LogP contribution in [0.5, 0.6) is 5.88 Å². The number of hydrogen-bond donors (Lipinski definition) is 2. The van der Waals surface area contributed by atoms with Gasteiger partial charge in [0.2, 0.25) is 5.88 Å². The number of ether oxygens (including phenoxy) is 1. The fourth-order valence-corrected chi connectivity index (χ4v) is 2.37. The number of nitrogens with zero attached hydrogens (tertiary/aromatic N) is 1. The number of aromatic nitrogens is 1. The Kier molecular flexibility index (Phi) is 5.61. The summed E-state index contributed by atoms with van der Waals surface area (Å²) in [6.45, 7) is 7.03. The molecule has 1 saturated heterocycles. The Balaban J connectivity index is 1.81. The molecule has 2 heterocycles. The van der Waals surface area contributed by atoms with Gasteiger partial charge >= 0.3 is 0 Å². The second-order valence-corrected chi connectivity index (χ2v) is 5.41. The van der Waals surface area contributed by atoms with Crippen LogP contribution in [0, 0.1) is 0 Å². The molecular formula is C15H25N3O. The molecule has 2 rings (SSSR count). The maximum atomic E-state index is 5.72. The van der Waals surface area contributed by atoms with Crippen LogP contribution in [0.25, 0.3) is 0 Å². The molecule has 0 saturated carbocycles. The van der Waals surface area contributed by atoms with Crippen LogP contribution < -0.4 is 15.4 Å². The van der Waals surface area contributed by atoms with Crippen molar-refractivity contribution >= 4 is 0 Å². The quantitative estimate of drug-likeness (QED) is 0.825. The molecule has 0 spiro atoms. The molecule has 1 aliphatic rings. The van der Waals surface area contributed by atoms with Crippen molar-refractivity contribution in [2.24, 2.45) is 0 Å². The van der Waals surface area contributed by atoms with E-state index in [-0.39, 0.29) is 6.10 Å². The average molecular weight is 263 g/mol. The number of nitrogens with one attached hydrogen (secondary N) is 2. The van der Waals surface area contributed by atoms with Crippen molar-refractivity contribution in [1.82, 2.24) is 15.6 Å². The molecule has 0 bridgehead atoms. The second-order valence-electron chi connectivity index (χ2n) is 5.41. The fourth-order valence-electron chi connectivity index (χ4n) is 2.37. The third-order valence-electron chi connectivity index (χ3n) is 3.32. The predicted octanol–water partition coefficient (Wildman–Crippen LogP) is 2.10. The summed E-state index contributed by atoms with van der Waals surface area (Å²) in [6.07, 6.45) is 5.87. The molecule has 1 aromatic heterocycles. The topological polar surface area (TPSA) is 46.2 Å². The van der Waals surface area contributed by atoms with Crippen LogP contribution in [0.2, 0.25) is 0 Å². The van der Waals surface area contributed by atoms with Crippen LogP contribution in [-0.2, 0) is 6.54 Å². The van der Waals surface area contributed by atoms with Gasteiger partial charge in [0, 0.05) is 30.9 Å². The summed E-state index contributed by atoms with van der Waals surface area (Å²) in [7, 11) is 0. The Morgan fingerprint density at radius 2 is 2.37 bits per heavy atom. The Morgan fingerprint density at radius 1 is 1.47 bits per heavy atom. The predicted molar refractivity (Wildman–Crippen MR) is 77.3 cm³/mol. The highest BCUT2D eigenvalue weighted by Gasteiger charge is 2.12. The van der Waals surface area contributed by atoms with E-state index >= 15 is 0 Å². The first-order chi connectivity index (χ1) is 9.25.